The molecule has 1 aliphatic heterocycles. The normalized spacial score (nSPS) is 13.6. The molecule has 0 bridgehead atoms. The summed E-state index contributed by atoms with van der Waals surface area (Å²) in [6.07, 6.45) is 8.01. The fraction of sp³-hybridized carbons (Fsp3) is 0.471. The molecule has 230 valence electrons. The minimum absolute atomic E-state index is 0.136. The molecule has 0 saturated heterocycles. The summed E-state index contributed by atoms with van der Waals surface area (Å²) >= 11 is 0. The van der Waals surface area contributed by atoms with Crippen molar-refractivity contribution in [2.75, 3.05) is 46.6 Å². The van der Waals surface area contributed by atoms with Gasteiger partial charge in [0.15, 0.2) is 5.82 Å². The van der Waals surface area contributed by atoms with Gasteiger partial charge in [0.2, 0.25) is 0 Å². The molecule has 0 amide bonds. The fourth-order valence-corrected chi connectivity index (χ4v) is 4.76. The van der Waals surface area contributed by atoms with Crippen LogP contribution in [0, 0.1) is 5.92 Å². The van der Waals surface area contributed by atoms with Gasteiger partial charge < -0.3 is 20.7 Å². The Morgan fingerprint density at radius 1 is 1.19 bits per heavy atom. The lowest BCUT2D eigenvalue weighted by atomic mass is 9.96. The van der Waals surface area contributed by atoms with Crippen molar-refractivity contribution in [3.05, 3.63) is 84.2 Å². The number of alkyl halides is 1. The van der Waals surface area contributed by atoms with E-state index in [1.54, 1.807) is 0 Å². The SMILES string of the molecule is C=CC(C)CN(C)CCCCc1nc(-c2ccc(N)c(Cc3ccc4c(c3)CC(C)(C)O4)c2)n[nH]1.C=CCF.CNC. The van der Waals surface area contributed by atoms with E-state index in [0.29, 0.717) is 5.92 Å². The Balaban J connectivity index is 0.000000797. The number of H-pyrrole nitrogens is 1. The van der Waals surface area contributed by atoms with Crippen LogP contribution in [-0.4, -0.2) is 66.6 Å². The molecule has 42 heavy (non-hydrogen) atoms. The second-order valence-corrected chi connectivity index (χ2v) is 11.6. The van der Waals surface area contributed by atoms with Crippen LogP contribution in [0.1, 0.15) is 56.1 Å². The molecule has 0 saturated carbocycles. The molecule has 0 aliphatic carbocycles. The van der Waals surface area contributed by atoms with Gasteiger partial charge in [0.1, 0.15) is 23.8 Å². The van der Waals surface area contributed by atoms with Gasteiger partial charge in [-0.05, 0) is 108 Å². The van der Waals surface area contributed by atoms with Gasteiger partial charge in [-0.25, -0.2) is 9.37 Å². The maximum absolute atomic E-state index is 10.6. The average molecular weight is 579 g/mol. The number of hydrogen-bond acceptors (Lipinski definition) is 6. The molecule has 0 radical (unpaired) electrons. The summed E-state index contributed by atoms with van der Waals surface area (Å²) in [6.45, 7) is 15.1. The van der Waals surface area contributed by atoms with E-state index in [-0.39, 0.29) is 5.60 Å². The molecule has 3 aromatic rings. The summed E-state index contributed by atoms with van der Waals surface area (Å²) in [5.41, 5.74) is 11.6. The van der Waals surface area contributed by atoms with Gasteiger partial charge in [-0.2, -0.15) is 5.10 Å². The Morgan fingerprint density at radius 2 is 1.90 bits per heavy atom. The van der Waals surface area contributed by atoms with Crippen LogP contribution in [0.5, 0.6) is 5.75 Å². The molecule has 1 aliphatic rings. The van der Waals surface area contributed by atoms with E-state index in [1.165, 1.54) is 17.2 Å². The molecule has 0 fully saturated rings. The third kappa shape index (κ3) is 11.4. The molecule has 0 spiro atoms. The minimum atomic E-state index is -0.417. The number of nitrogens with zero attached hydrogens (tertiary/aromatic N) is 3. The number of nitrogens with one attached hydrogen (secondary N) is 2. The highest BCUT2D eigenvalue weighted by Crippen LogP contribution is 2.36. The summed E-state index contributed by atoms with van der Waals surface area (Å²) in [7, 11) is 5.92. The third-order valence-corrected chi connectivity index (χ3v) is 6.77. The molecule has 8 heteroatoms. The van der Waals surface area contributed by atoms with Crippen LogP contribution in [0.25, 0.3) is 11.4 Å². The Bertz CT molecular complexity index is 1250. The van der Waals surface area contributed by atoms with Crippen LogP contribution >= 0.6 is 0 Å². The van der Waals surface area contributed by atoms with Crippen LogP contribution in [0.15, 0.2) is 61.7 Å². The van der Waals surface area contributed by atoms with E-state index in [0.717, 1.165) is 79.4 Å². The van der Waals surface area contributed by atoms with Crippen molar-refractivity contribution >= 4 is 5.69 Å². The lowest BCUT2D eigenvalue weighted by Crippen LogP contribution is -2.24. The van der Waals surface area contributed by atoms with Crippen molar-refractivity contribution in [2.24, 2.45) is 5.92 Å². The van der Waals surface area contributed by atoms with Gasteiger partial charge in [0.05, 0.1) is 0 Å². The third-order valence-electron chi connectivity index (χ3n) is 6.77. The fourth-order valence-electron chi connectivity index (χ4n) is 4.76. The zero-order chi connectivity index (χ0) is 31.1. The Labute approximate surface area is 252 Å². The van der Waals surface area contributed by atoms with Gasteiger partial charge in [0.25, 0.3) is 0 Å². The number of aromatic amines is 1. The van der Waals surface area contributed by atoms with Crippen LogP contribution < -0.4 is 15.8 Å². The van der Waals surface area contributed by atoms with Gasteiger partial charge in [0, 0.05) is 30.6 Å². The van der Waals surface area contributed by atoms with Crippen molar-refractivity contribution in [1.29, 1.82) is 0 Å². The summed E-state index contributed by atoms with van der Waals surface area (Å²) in [6, 6.07) is 12.5. The summed E-state index contributed by atoms with van der Waals surface area (Å²) in [5, 5.41) is 10.3. The number of anilines is 1. The van der Waals surface area contributed by atoms with E-state index in [9.17, 15) is 4.39 Å². The topological polar surface area (TPSA) is 92.1 Å². The number of aromatic nitrogens is 3. The first-order valence-electron chi connectivity index (χ1n) is 14.7. The lowest BCUT2D eigenvalue weighted by Gasteiger charge is -2.18. The second-order valence-electron chi connectivity index (χ2n) is 11.6. The number of ether oxygens (including phenoxy) is 1. The zero-order valence-corrected chi connectivity index (χ0v) is 26.5. The quantitative estimate of drug-likeness (QED) is 0.131. The van der Waals surface area contributed by atoms with E-state index < -0.39 is 6.67 Å². The molecule has 1 unspecified atom stereocenters. The van der Waals surface area contributed by atoms with E-state index in [2.05, 4.69) is 85.7 Å². The number of aryl methyl sites for hydroxylation is 1. The maximum Gasteiger partial charge on any atom is 0.181 e. The molecule has 1 aromatic heterocycles. The molecular weight excluding hydrogens is 527 g/mol. The predicted octanol–water partition coefficient (Wildman–Crippen LogP) is 6.41. The molecule has 4 N–H and O–H groups in total. The van der Waals surface area contributed by atoms with E-state index in [1.807, 2.05) is 32.3 Å². The smallest absolute Gasteiger partial charge is 0.181 e. The van der Waals surface area contributed by atoms with Crippen LogP contribution in [0.3, 0.4) is 0 Å². The first kappa shape index (κ1) is 34.7. The Kier molecular flexibility index (Phi) is 14.4. The van der Waals surface area contributed by atoms with E-state index >= 15 is 0 Å². The first-order chi connectivity index (χ1) is 20.0. The van der Waals surface area contributed by atoms with Crippen molar-refractivity contribution < 1.29 is 9.13 Å². The second kappa shape index (κ2) is 17.5. The highest BCUT2D eigenvalue weighted by atomic mass is 19.1. The number of rotatable bonds is 12. The molecule has 2 aromatic carbocycles. The standard InChI is InChI=1S/C29H39N5O.C3H5F.C2H7N/c1-6-20(2)19-34(5)14-8-7-9-27-31-28(33-32-27)22-11-12-25(30)23(17-22)15-21-10-13-26-24(16-21)18-29(3,4)35-26;1-2-3-4;1-3-2/h6,10-13,16-17,20H,1,7-9,14-15,18-19,30H2,2-5H3,(H,31,32,33);2H,1,3H2;3H,1-2H3. The summed E-state index contributed by atoms with van der Waals surface area (Å²) < 4.78 is 16.6. The zero-order valence-electron chi connectivity index (χ0n) is 26.5. The number of allylic oxidation sites excluding steroid dienone is 1. The highest BCUT2D eigenvalue weighted by Gasteiger charge is 2.29. The predicted molar refractivity (Wildman–Crippen MR) is 175 cm³/mol. The molecule has 7 nitrogen and oxygen atoms in total. The number of fused-ring (bicyclic) bond motifs is 1. The average Bonchev–Trinajstić information content (AvgIpc) is 3.55. The monoisotopic (exact) mass is 578 g/mol. The van der Waals surface area contributed by atoms with Crippen molar-refractivity contribution in [3.63, 3.8) is 0 Å². The molecule has 2 heterocycles. The highest BCUT2D eigenvalue weighted by molar-refractivity contribution is 5.63. The Morgan fingerprint density at radius 3 is 2.57 bits per heavy atom. The van der Waals surface area contributed by atoms with Gasteiger partial charge >= 0.3 is 0 Å². The van der Waals surface area contributed by atoms with Gasteiger partial charge in [-0.15, -0.1) is 13.2 Å². The molecule has 4 rings (SSSR count). The number of unbranched alkanes of at least 4 members (excludes halogenated alkanes) is 1. The van der Waals surface area contributed by atoms with Crippen molar-refractivity contribution in [2.45, 2.75) is 58.5 Å². The van der Waals surface area contributed by atoms with Crippen molar-refractivity contribution in [1.82, 2.24) is 25.4 Å². The first-order valence-corrected chi connectivity index (χ1v) is 14.7. The lowest BCUT2D eigenvalue weighted by molar-refractivity contribution is 0.138. The van der Waals surface area contributed by atoms with Crippen LogP contribution in [-0.2, 0) is 19.3 Å². The largest absolute Gasteiger partial charge is 0.487 e. The van der Waals surface area contributed by atoms with E-state index in [4.69, 9.17) is 15.5 Å². The Hall–Kier alpha value is -3.49. The molecule has 1 atom stereocenters. The minimum Gasteiger partial charge on any atom is -0.487 e. The molecular formula is C34H51FN6O. The number of benzene rings is 2. The van der Waals surface area contributed by atoms with Crippen LogP contribution in [0.4, 0.5) is 10.1 Å². The van der Waals surface area contributed by atoms with Crippen LogP contribution in [0.2, 0.25) is 0 Å². The maximum atomic E-state index is 10.6. The number of halogens is 1. The number of nitrogens with two attached hydrogens (primary N) is 1. The summed E-state index contributed by atoms with van der Waals surface area (Å²) in [4.78, 5) is 7.11. The summed E-state index contributed by atoms with van der Waals surface area (Å²) in [5.74, 6) is 3.17. The number of hydrogen-bond donors (Lipinski definition) is 3. The van der Waals surface area contributed by atoms with Gasteiger partial charge in [-0.3, -0.25) is 5.10 Å². The number of nitrogen functional groups attached to an aromatic ring is 1. The van der Waals surface area contributed by atoms with Gasteiger partial charge in [-0.1, -0.05) is 31.2 Å². The van der Waals surface area contributed by atoms with Crippen molar-refractivity contribution in [3.8, 4) is 17.1 Å².